The molecule has 0 bridgehead atoms. The van der Waals surface area contributed by atoms with Gasteiger partial charge in [0, 0.05) is 6.42 Å². The van der Waals surface area contributed by atoms with Crippen molar-refractivity contribution in [2.45, 2.75) is 19.5 Å². The minimum Gasteiger partial charge on any atom is -0.251 e. The summed E-state index contributed by atoms with van der Waals surface area (Å²) >= 11 is 0. The Labute approximate surface area is 77.9 Å². The molecule has 84 valence electrons. The van der Waals surface area contributed by atoms with Crippen LogP contribution in [-0.2, 0) is 0 Å². The quantitative estimate of drug-likeness (QED) is 0.623. The highest BCUT2D eigenvalue weighted by atomic mass is 19.2. The van der Waals surface area contributed by atoms with E-state index in [2.05, 4.69) is 0 Å². The van der Waals surface area contributed by atoms with Gasteiger partial charge in [-0.3, -0.25) is 4.39 Å². The summed E-state index contributed by atoms with van der Waals surface area (Å²) in [6, 6.07) is 0. The summed E-state index contributed by atoms with van der Waals surface area (Å²) in [6.07, 6.45) is -2.88. The number of halogens is 6. The molecule has 0 saturated carbocycles. The van der Waals surface area contributed by atoms with Crippen LogP contribution >= 0.6 is 0 Å². The smallest absolute Gasteiger partial charge is 0.162 e. The molecule has 1 unspecified atom stereocenters. The Bertz CT molecular complexity index is 184. The van der Waals surface area contributed by atoms with Gasteiger partial charge in [-0.05, 0) is 6.92 Å². The van der Waals surface area contributed by atoms with Gasteiger partial charge in [-0.15, -0.1) is 0 Å². The number of alkyl halides is 2. The van der Waals surface area contributed by atoms with Crippen LogP contribution in [0.2, 0.25) is 0 Å². The topological polar surface area (TPSA) is 0 Å². The highest BCUT2D eigenvalue weighted by Gasteiger charge is 2.02. The van der Waals surface area contributed by atoms with Gasteiger partial charge < -0.3 is 0 Å². The summed E-state index contributed by atoms with van der Waals surface area (Å²) in [6.45, 7) is 0.0810. The maximum atomic E-state index is 11.4. The van der Waals surface area contributed by atoms with E-state index in [1.165, 1.54) is 0 Å². The zero-order valence-corrected chi connectivity index (χ0v) is 7.41. The average Bonchev–Trinajstić information content (AvgIpc) is 2.17. The Morgan fingerprint density at radius 3 is 1.79 bits per heavy atom. The average molecular weight is 220 g/mol. The fraction of sp³-hybridized carbons (Fsp3) is 0.500. The van der Waals surface area contributed by atoms with Crippen LogP contribution in [-0.4, -0.2) is 12.8 Å². The second-order valence-corrected chi connectivity index (χ2v) is 2.10. The molecule has 0 rings (SSSR count). The fourth-order valence-corrected chi connectivity index (χ4v) is 0.232. The molecule has 0 radical (unpaired) electrons. The lowest BCUT2D eigenvalue weighted by molar-refractivity contribution is 0.341. The standard InChI is InChI=1S/2C4H5F3/c1-3(6)4(7)2-5;5-2-1-4(7)3-6/h2-3H,1H3;3H,1-2H2. The largest absolute Gasteiger partial charge is 0.251 e. The van der Waals surface area contributed by atoms with E-state index < -0.39 is 30.9 Å². The first-order valence-corrected chi connectivity index (χ1v) is 3.60. The normalized spacial score (nSPS) is 14.5. The molecule has 0 nitrogen and oxygen atoms in total. The monoisotopic (exact) mass is 220 g/mol. The lowest BCUT2D eigenvalue weighted by Gasteiger charge is -1.89. The van der Waals surface area contributed by atoms with Crippen molar-refractivity contribution in [3.05, 3.63) is 24.3 Å². The number of rotatable bonds is 3. The van der Waals surface area contributed by atoms with Crippen molar-refractivity contribution in [3.8, 4) is 0 Å². The molecule has 0 aromatic heterocycles. The Hall–Kier alpha value is -0.940. The Morgan fingerprint density at radius 2 is 1.71 bits per heavy atom. The lowest BCUT2D eigenvalue weighted by atomic mass is 10.4. The maximum Gasteiger partial charge on any atom is 0.162 e. The summed E-state index contributed by atoms with van der Waals surface area (Å²) in [5.41, 5.74) is 0. The summed E-state index contributed by atoms with van der Waals surface area (Å²) in [5, 5.41) is 0. The van der Waals surface area contributed by atoms with E-state index >= 15 is 0 Å². The van der Waals surface area contributed by atoms with Crippen molar-refractivity contribution in [1.29, 1.82) is 0 Å². The maximum absolute atomic E-state index is 11.4. The Kier molecular flexibility index (Phi) is 11.3. The summed E-state index contributed by atoms with van der Waals surface area (Å²) < 4.78 is 66.9. The van der Waals surface area contributed by atoms with Crippen molar-refractivity contribution in [2.24, 2.45) is 0 Å². The van der Waals surface area contributed by atoms with Gasteiger partial charge in [0.2, 0.25) is 0 Å². The molecule has 6 heteroatoms. The minimum absolute atomic E-state index is 0.237. The molecule has 0 spiro atoms. The van der Waals surface area contributed by atoms with E-state index in [4.69, 9.17) is 0 Å². The highest BCUT2D eigenvalue weighted by molar-refractivity contribution is 4.90. The van der Waals surface area contributed by atoms with E-state index in [9.17, 15) is 26.3 Å². The zero-order valence-electron chi connectivity index (χ0n) is 7.41. The van der Waals surface area contributed by atoms with Crippen molar-refractivity contribution in [3.63, 3.8) is 0 Å². The van der Waals surface area contributed by atoms with Crippen LogP contribution in [0, 0.1) is 0 Å². The zero-order chi connectivity index (χ0) is 11.6. The Balaban J connectivity index is 0. The first-order chi connectivity index (χ1) is 6.49. The number of hydrogen-bond donors (Lipinski definition) is 0. The molecule has 0 aliphatic carbocycles. The second kappa shape index (κ2) is 10.1. The lowest BCUT2D eigenvalue weighted by Crippen LogP contribution is -1.89. The van der Waals surface area contributed by atoms with E-state index in [-0.39, 0.29) is 12.7 Å². The van der Waals surface area contributed by atoms with Gasteiger partial charge in [-0.25, -0.2) is 22.0 Å². The van der Waals surface area contributed by atoms with Crippen LogP contribution in [0.4, 0.5) is 26.3 Å². The molecule has 0 amide bonds. The molecule has 0 heterocycles. The van der Waals surface area contributed by atoms with Crippen molar-refractivity contribution < 1.29 is 26.3 Å². The molecule has 14 heavy (non-hydrogen) atoms. The first-order valence-electron chi connectivity index (χ1n) is 3.60. The molecule has 0 aliphatic heterocycles. The molecule has 0 aliphatic rings. The number of hydrogen-bond acceptors (Lipinski definition) is 0. The predicted molar refractivity (Wildman–Crippen MR) is 41.8 cm³/mol. The van der Waals surface area contributed by atoms with E-state index in [1.807, 2.05) is 0 Å². The SMILES string of the molecule is CC(F)C(F)=CF.FC=C(F)CCF. The molecule has 0 aromatic rings. The van der Waals surface area contributed by atoms with Crippen LogP contribution < -0.4 is 0 Å². The van der Waals surface area contributed by atoms with Crippen LogP contribution in [0.1, 0.15) is 13.3 Å². The summed E-state index contributed by atoms with van der Waals surface area (Å²) in [4.78, 5) is 0. The third-order valence-electron chi connectivity index (χ3n) is 0.936. The molecule has 0 fully saturated rings. The van der Waals surface area contributed by atoms with E-state index in [0.29, 0.717) is 0 Å². The second-order valence-electron chi connectivity index (χ2n) is 2.10. The van der Waals surface area contributed by atoms with E-state index in [0.717, 1.165) is 6.92 Å². The first kappa shape index (κ1) is 15.5. The van der Waals surface area contributed by atoms with Gasteiger partial charge in [0.05, 0.1) is 6.67 Å². The minimum atomic E-state index is -1.81. The molecule has 0 aromatic carbocycles. The van der Waals surface area contributed by atoms with E-state index in [1.54, 1.807) is 0 Å². The molecule has 0 N–H and O–H groups in total. The van der Waals surface area contributed by atoms with Crippen molar-refractivity contribution >= 4 is 0 Å². The van der Waals surface area contributed by atoms with Crippen LogP contribution in [0.25, 0.3) is 0 Å². The molecular formula is C8H10F6. The van der Waals surface area contributed by atoms with Crippen molar-refractivity contribution in [2.75, 3.05) is 6.67 Å². The van der Waals surface area contributed by atoms with Gasteiger partial charge in [-0.2, -0.15) is 0 Å². The van der Waals surface area contributed by atoms with Crippen LogP contribution in [0.5, 0.6) is 0 Å². The summed E-state index contributed by atoms with van der Waals surface area (Å²) in [7, 11) is 0. The Morgan fingerprint density at radius 1 is 1.21 bits per heavy atom. The third kappa shape index (κ3) is 11.1. The van der Waals surface area contributed by atoms with Crippen LogP contribution in [0.15, 0.2) is 24.3 Å². The van der Waals surface area contributed by atoms with Gasteiger partial charge in [0.15, 0.2) is 12.0 Å². The molecule has 1 atom stereocenters. The van der Waals surface area contributed by atoms with Gasteiger partial charge >= 0.3 is 0 Å². The predicted octanol–water partition coefficient (Wildman–Crippen LogP) is 4.25. The van der Waals surface area contributed by atoms with Gasteiger partial charge in [0.1, 0.15) is 18.5 Å². The number of allylic oxidation sites excluding steroid dienone is 2. The fourth-order valence-electron chi connectivity index (χ4n) is 0.232. The van der Waals surface area contributed by atoms with Gasteiger partial charge in [0.25, 0.3) is 0 Å². The molecular weight excluding hydrogens is 210 g/mol. The third-order valence-corrected chi connectivity index (χ3v) is 0.936. The summed E-state index contributed by atoms with van der Waals surface area (Å²) in [5.74, 6) is -2.40. The van der Waals surface area contributed by atoms with Crippen LogP contribution in [0.3, 0.4) is 0 Å². The van der Waals surface area contributed by atoms with Gasteiger partial charge in [-0.1, -0.05) is 0 Å². The molecule has 0 saturated heterocycles. The van der Waals surface area contributed by atoms with Crippen molar-refractivity contribution in [1.82, 2.24) is 0 Å². The highest BCUT2D eigenvalue weighted by Crippen LogP contribution is 2.06.